The molecule has 1 unspecified atom stereocenters. The summed E-state index contributed by atoms with van der Waals surface area (Å²) in [6.07, 6.45) is 7.83. The number of carbonyl (C=O) groups excluding carboxylic acids is 3. The molecule has 5 rings (SSSR count). The number of aliphatic hydroxyl groups excluding tert-OH is 1. The molecule has 3 amide bonds. The third-order valence-electron chi connectivity index (χ3n) is 7.18. The molecule has 4 aliphatic rings. The molecule has 2 saturated heterocycles. The second-order valence-corrected chi connectivity index (χ2v) is 11.0. The quantitative estimate of drug-likeness (QED) is 0.659. The molecule has 7 nitrogen and oxygen atoms in total. The number of hydrogen-bond donors (Lipinski definition) is 1. The van der Waals surface area contributed by atoms with Gasteiger partial charge in [0.2, 0.25) is 11.8 Å². The van der Waals surface area contributed by atoms with Crippen LogP contribution in [0.2, 0.25) is 5.02 Å². The van der Waals surface area contributed by atoms with E-state index in [-0.39, 0.29) is 29.6 Å². The van der Waals surface area contributed by atoms with E-state index in [9.17, 15) is 19.5 Å². The van der Waals surface area contributed by atoms with Crippen molar-refractivity contribution in [1.82, 2.24) is 9.80 Å². The van der Waals surface area contributed by atoms with Crippen molar-refractivity contribution >= 4 is 46.8 Å². The Labute approximate surface area is 202 Å². The zero-order chi connectivity index (χ0) is 23.5. The van der Waals surface area contributed by atoms with E-state index in [1.54, 1.807) is 42.0 Å². The summed E-state index contributed by atoms with van der Waals surface area (Å²) in [7, 11) is 1.74. The average Bonchev–Trinajstić information content (AvgIpc) is 3.14. The molecule has 4 heterocycles. The van der Waals surface area contributed by atoms with Crippen molar-refractivity contribution < 1.29 is 19.5 Å². The summed E-state index contributed by atoms with van der Waals surface area (Å²) in [5.41, 5.74) is 0.575. The zero-order valence-electron chi connectivity index (χ0n) is 18.4. The van der Waals surface area contributed by atoms with Gasteiger partial charge >= 0.3 is 0 Å². The highest BCUT2D eigenvalue weighted by molar-refractivity contribution is 8.02. The maximum absolute atomic E-state index is 14.1. The molecule has 6 atom stereocenters. The number of rotatable bonds is 3. The lowest BCUT2D eigenvalue weighted by molar-refractivity contribution is -0.143. The van der Waals surface area contributed by atoms with Gasteiger partial charge in [0.25, 0.3) is 5.91 Å². The first kappa shape index (κ1) is 22.5. The lowest BCUT2D eigenvalue weighted by Gasteiger charge is -2.37. The number of amides is 3. The first-order valence-electron chi connectivity index (χ1n) is 11.1. The number of para-hydroxylation sites is 1. The topological polar surface area (TPSA) is 81.2 Å². The van der Waals surface area contributed by atoms with E-state index < -0.39 is 28.7 Å². The van der Waals surface area contributed by atoms with Gasteiger partial charge in [-0.2, -0.15) is 0 Å². The highest BCUT2D eigenvalue weighted by Gasteiger charge is 2.71. The summed E-state index contributed by atoms with van der Waals surface area (Å²) in [4.78, 5) is 46.1. The van der Waals surface area contributed by atoms with Crippen LogP contribution in [0.25, 0.3) is 0 Å². The Bertz CT molecular complexity index is 1080. The number of nitrogens with zero attached hydrogens (tertiary/aromatic N) is 3. The summed E-state index contributed by atoms with van der Waals surface area (Å²) in [5, 5.41) is 10.2. The zero-order valence-corrected chi connectivity index (χ0v) is 20.0. The van der Waals surface area contributed by atoms with Crippen molar-refractivity contribution in [1.29, 1.82) is 0 Å². The van der Waals surface area contributed by atoms with Crippen LogP contribution in [0.5, 0.6) is 0 Å². The number of likely N-dealkylation sites (N-methyl/N-ethyl adjacent to an activating group) is 1. The fourth-order valence-electron chi connectivity index (χ4n) is 5.65. The Morgan fingerprint density at radius 1 is 1.15 bits per heavy atom. The molecule has 174 valence electrons. The highest BCUT2D eigenvalue weighted by atomic mass is 35.5. The number of fused-ring (bicyclic) bond motifs is 2. The third kappa shape index (κ3) is 3.18. The number of likely N-dealkylation sites (tertiary alicyclic amines) is 1. The Morgan fingerprint density at radius 3 is 2.64 bits per heavy atom. The van der Waals surface area contributed by atoms with Crippen LogP contribution in [0.4, 0.5) is 5.69 Å². The van der Waals surface area contributed by atoms with Gasteiger partial charge in [-0.25, -0.2) is 0 Å². The molecule has 0 radical (unpaired) electrons. The summed E-state index contributed by atoms with van der Waals surface area (Å²) >= 11 is 7.96. The molecule has 1 N–H and O–H groups in total. The molecule has 4 aliphatic heterocycles. The largest absolute Gasteiger partial charge is 0.394 e. The van der Waals surface area contributed by atoms with E-state index in [2.05, 4.69) is 0 Å². The normalized spacial score (nSPS) is 34.2. The summed E-state index contributed by atoms with van der Waals surface area (Å²) < 4.78 is -0.902. The van der Waals surface area contributed by atoms with Gasteiger partial charge in [0, 0.05) is 25.4 Å². The molecular formula is C24H26ClN3O4S. The van der Waals surface area contributed by atoms with E-state index >= 15 is 0 Å². The van der Waals surface area contributed by atoms with Gasteiger partial charge in [0.05, 0.1) is 39.9 Å². The van der Waals surface area contributed by atoms with E-state index in [4.69, 9.17) is 11.6 Å². The summed E-state index contributed by atoms with van der Waals surface area (Å²) in [6, 6.07) is 5.71. The Morgan fingerprint density at radius 2 is 1.91 bits per heavy atom. The van der Waals surface area contributed by atoms with E-state index in [1.165, 1.54) is 16.7 Å². The number of carbonyl (C=O) groups is 3. The molecular weight excluding hydrogens is 462 g/mol. The van der Waals surface area contributed by atoms with Gasteiger partial charge in [-0.1, -0.05) is 48.0 Å². The fraction of sp³-hybridized carbons (Fsp3) is 0.458. The fourth-order valence-corrected chi connectivity index (χ4v) is 7.88. The summed E-state index contributed by atoms with van der Waals surface area (Å²) in [6.45, 7) is 2.26. The molecule has 9 heteroatoms. The second-order valence-electron chi connectivity index (χ2n) is 9.07. The minimum Gasteiger partial charge on any atom is -0.394 e. The van der Waals surface area contributed by atoms with Crippen LogP contribution in [-0.2, 0) is 14.4 Å². The van der Waals surface area contributed by atoms with Crippen molar-refractivity contribution in [2.24, 2.45) is 11.8 Å². The first-order chi connectivity index (χ1) is 15.8. The minimum absolute atomic E-state index is 0.0852. The van der Waals surface area contributed by atoms with E-state index in [0.29, 0.717) is 23.8 Å². The van der Waals surface area contributed by atoms with Gasteiger partial charge in [-0.05, 0) is 19.1 Å². The number of benzene rings is 1. The van der Waals surface area contributed by atoms with Gasteiger partial charge in [-0.15, -0.1) is 11.8 Å². The van der Waals surface area contributed by atoms with Crippen LogP contribution in [0, 0.1) is 11.8 Å². The average molecular weight is 488 g/mol. The molecule has 0 bridgehead atoms. The van der Waals surface area contributed by atoms with E-state index in [1.807, 2.05) is 30.4 Å². The lowest BCUT2D eigenvalue weighted by atomic mass is 9.78. The van der Waals surface area contributed by atoms with Gasteiger partial charge in [0.15, 0.2) is 0 Å². The van der Waals surface area contributed by atoms with Gasteiger partial charge < -0.3 is 19.8 Å². The second kappa shape index (κ2) is 8.18. The van der Waals surface area contributed by atoms with Crippen molar-refractivity contribution in [3.8, 4) is 0 Å². The van der Waals surface area contributed by atoms with Crippen LogP contribution < -0.4 is 4.90 Å². The molecule has 0 aromatic heterocycles. The molecule has 33 heavy (non-hydrogen) atoms. The lowest BCUT2D eigenvalue weighted by Crippen LogP contribution is -2.56. The molecule has 1 aromatic rings. The summed E-state index contributed by atoms with van der Waals surface area (Å²) in [5.74, 6) is -1.84. The maximum Gasteiger partial charge on any atom is 0.251 e. The van der Waals surface area contributed by atoms with E-state index in [0.717, 1.165) is 0 Å². The predicted molar refractivity (Wildman–Crippen MR) is 128 cm³/mol. The molecule has 0 saturated carbocycles. The van der Waals surface area contributed by atoms with Crippen molar-refractivity contribution in [2.45, 2.75) is 29.0 Å². The van der Waals surface area contributed by atoms with Crippen molar-refractivity contribution in [3.63, 3.8) is 0 Å². The Hall–Kier alpha value is -2.29. The molecule has 1 aromatic carbocycles. The van der Waals surface area contributed by atoms with Crippen molar-refractivity contribution in [3.05, 3.63) is 53.6 Å². The van der Waals surface area contributed by atoms with Crippen molar-refractivity contribution in [2.75, 3.05) is 31.6 Å². The molecule has 1 spiro atoms. The number of hydrogen-bond acceptors (Lipinski definition) is 5. The monoisotopic (exact) mass is 487 g/mol. The van der Waals surface area contributed by atoms with Gasteiger partial charge in [-0.3, -0.25) is 14.4 Å². The smallest absolute Gasteiger partial charge is 0.251 e. The maximum atomic E-state index is 14.1. The van der Waals surface area contributed by atoms with Crippen LogP contribution in [0.3, 0.4) is 0 Å². The Kier molecular flexibility index (Phi) is 5.58. The standard InChI is InChI=1S/C24H26ClN3O4S/c1-14(13-29)28-20-23(32)27(16-8-4-3-7-15(16)25)12-6-10-24(20)19(22(28)31)18-17(33-24)9-5-11-26(2)21(18)30/h3-10,14,17-20,29H,11-13H2,1-2H3/t14-,17-,18+,19+,20?,24+/m1/s1. The number of halogens is 1. The number of thioether (sulfide) groups is 1. The predicted octanol–water partition coefficient (Wildman–Crippen LogP) is 1.95. The SMILES string of the molecule is C[C@H](CO)N1C(=O)[C@@H]2[C@H]3C(=O)N(C)CC=C[C@H]3S[C@@]23C=CCN(c2ccccc2Cl)C(=O)C13. The van der Waals surface area contributed by atoms with Gasteiger partial charge in [0.1, 0.15) is 6.04 Å². The van der Waals surface area contributed by atoms with Crippen LogP contribution in [-0.4, -0.2) is 81.5 Å². The molecule has 0 aliphatic carbocycles. The van der Waals surface area contributed by atoms with Crippen LogP contribution in [0.1, 0.15) is 6.92 Å². The minimum atomic E-state index is -0.902. The van der Waals surface area contributed by atoms with Crippen LogP contribution in [0.15, 0.2) is 48.6 Å². The highest BCUT2D eigenvalue weighted by Crippen LogP contribution is 2.61. The number of aliphatic hydroxyl groups is 1. The molecule has 2 fully saturated rings. The third-order valence-corrected chi connectivity index (χ3v) is 9.24. The number of anilines is 1. The Balaban J connectivity index is 1.66. The first-order valence-corrected chi connectivity index (χ1v) is 12.3. The van der Waals surface area contributed by atoms with Crippen LogP contribution >= 0.6 is 23.4 Å².